The zero-order valence-electron chi connectivity index (χ0n) is 10.9. The molecule has 0 spiro atoms. The maximum atomic E-state index is 13.1. The van der Waals surface area contributed by atoms with Crippen LogP contribution in [0.4, 0.5) is 4.39 Å². The van der Waals surface area contributed by atoms with E-state index in [-0.39, 0.29) is 18.4 Å². The number of hydrogen-bond donors (Lipinski definition) is 1. The quantitative estimate of drug-likeness (QED) is 0.916. The minimum absolute atomic E-state index is 0.161. The minimum atomic E-state index is -0.409. The Kier molecular flexibility index (Phi) is 4.75. The number of hydrogen-bond acceptors (Lipinski definition) is 2. The Morgan fingerprint density at radius 2 is 2.15 bits per heavy atom. The molecule has 1 heterocycles. The summed E-state index contributed by atoms with van der Waals surface area (Å²) in [5.74, 6) is -1.00. The molecule has 0 aromatic heterocycles. The molecular weight excluding hydrogens is 327 g/mol. The number of primary amides is 1. The van der Waals surface area contributed by atoms with Crippen LogP contribution in [0.1, 0.15) is 36.0 Å². The predicted molar refractivity (Wildman–Crippen MR) is 76.6 cm³/mol. The first-order valence-corrected chi connectivity index (χ1v) is 7.32. The monoisotopic (exact) mass is 342 g/mol. The van der Waals surface area contributed by atoms with Gasteiger partial charge in [-0.25, -0.2) is 4.39 Å². The zero-order chi connectivity index (χ0) is 14.7. The number of carbonyl (C=O) groups is 2. The van der Waals surface area contributed by atoms with Crippen LogP contribution in [0.15, 0.2) is 22.7 Å². The predicted octanol–water partition coefficient (Wildman–Crippen LogP) is 2.46. The van der Waals surface area contributed by atoms with Crippen LogP contribution in [-0.4, -0.2) is 29.3 Å². The van der Waals surface area contributed by atoms with Gasteiger partial charge >= 0.3 is 0 Å². The van der Waals surface area contributed by atoms with E-state index < -0.39 is 11.7 Å². The molecule has 2 amide bonds. The lowest BCUT2D eigenvalue weighted by molar-refractivity contribution is -0.119. The van der Waals surface area contributed by atoms with Gasteiger partial charge in [-0.1, -0.05) is 0 Å². The topological polar surface area (TPSA) is 63.4 Å². The lowest BCUT2D eigenvalue weighted by atomic mass is 9.98. The van der Waals surface area contributed by atoms with Gasteiger partial charge in [0.05, 0.1) is 5.56 Å². The highest BCUT2D eigenvalue weighted by Gasteiger charge is 2.29. The van der Waals surface area contributed by atoms with Gasteiger partial charge < -0.3 is 10.6 Å². The lowest BCUT2D eigenvalue weighted by Gasteiger charge is -2.35. The molecule has 1 saturated heterocycles. The molecule has 0 radical (unpaired) electrons. The number of likely N-dealkylation sites (tertiary alicyclic amines) is 1. The number of carbonyl (C=O) groups excluding carboxylic acids is 2. The Balaban J connectivity index is 2.22. The van der Waals surface area contributed by atoms with E-state index in [4.69, 9.17) is 5.73 Å². The van der Waals surface area contributed by atoms with Gasteiger partial charge in [0, 0.05) is 23.5 Å². The highest BCUT2D eigenvalue weighted by Crippen LogP contribution is 2.25. The van der Waals surface area contributed by atoms with Gasteiger partial charge in [-0.2, -0.15) is 0 Å². The lowest BCUT2D eigenvalue weighted by Crippen LogP contribution is -2.45. The molecule has 2 N–H and O–H groups in total. The van der Waals surface area contributed by atoms with E-state index in [0.29, 0.717) is 16.6 Å². The second-order valence-corrected chi connectivity index (χ2v) is 5.80. The van der Waals surface area contributed by atoms with Crippen molar-refractivity contribution in [3.05, 3.63) is 34.1 Å². The van der Waals surface area contributed by atoms with Crippen molar-refractivity contribution in [1.82, 2.24) is 4.90 Å². The Morgan fingerprint density at radius 3 is 2.80 bits per heavy atom. The number of amides is 2. The molecule has 108 valence electrons. The van der Waals surface area contributed by atoms with Gasteiger partial charge in [-0.15, -0.1) is 0 Å². The molecule has 0 aliphatic carbocycles. The van der Waals surface area contributed by atoms with E-state index in [1.807, 2.05) is 0 Å². The molecule has 1 aromatic carbocycles. The summed E-state index contributed by atoms with van der Waals surface area (Å²) in [6.07, 6.45) is 2.82. The first kappa shape index (κ1) is 15.0. The summed E-state index contributed by atoms with van der Waals surface area (Å²) in [4.78, 5) is 25.3. The molecule has 4 nitrogen and oxygen atoms in total. The van der Waals surface area contributed by atoms with Crippen molar-refractivity contribution >= 4 is 27.7 Å². The molecule has 6 heteroatoms. The van der Waals surface area contributed by atoms with Crippen LogP contribution in [0.5, 0.6) is 0 Å². The molecule has 20 heavy (non-hydrogen) atoms. The highest BCUT2D eigenvalue weighted by molar-refractivity contribution is 9.10. The average molecular weight is 343 g/mol. The molecule has 1 atom stereocenters. The van der Waals surface area contributed by atoms with Crippen molar-refractivity contribution in [3.63, 3.8) is 0 Å². The van der Waals surface area contributed by atoms with E-state index in [2.05, 4.69) is 15.9 Å². The average Bonchev–Trinajstić information content (AvgIpc) is 2.38. The molecule has 0 saturated carbocycles. The number of benzene rings is 1. The van der Waals surface area contributed by atoms with Crippen molar-refractivity contribution in [2.75, 3.05) is 6.54 Å². The molecule has 1 aliphatic rings. The van der Waals surface area contributed by atoms with Crippen LogP contribution in [0.2, 0.25) is 0 Å². The second kappa shape index (κ2) is 6.35. The third-order valence-electron chi connectivity index (χ3n) is 3.49. The third-order valence-corrected chi connectivity index (χ3v) is 4.14. The molecule has 0 unspecified atom stereocenters. The van der Waals surface area contributed by atoms with Gasteiger partial charge in [0.2, 0.25) is 5.91 Å². The zero-order valence-corrected chi connectivity index (χ0v) is 12.5. The standard InChI is InChI=1S/C14H16BrFN2O2/c15-12-7-9(16)4-5-11(12)14(20)18-6-2-1-3-10(18)8-13(17)19/h4-5,7,10H,1-3,6,8H2,(H2,17,19)/t10-/m0/s1. The van der Waals surface area contributed by atoms with Gasteiger partial charge in [0.1, 0.15) is 5.82 Å². The van der Waals surface area contributed by atoms with E-state index in [0.717, 1.165) is 19.3 Å². The van der Waals surface area contributed by atoms with Crippen LogP contribution in [-0.2, 0) is 4.79 Å². The first-order chi connectivity index (χ1) is 9.49. The smallest absolute Gasteiger partial charge is 0.255 e. The summed E-state index contributed by atoms with van der Waals surface area (Å²) in [5, 5.41) is 0. The Hall–Kier alpha value is -1.43. The van der Waals surface area contributed by atoms with Crippen molar-refractivity contribution < 1.29 is 14.0 Å². The second-order valence-electron chi connectivity index (χ2n) is 4.94. The van der Waals surface area contributed by atoms with Crippen molar-refractivity contribution in [2.45, 2.75) is 31.7 Å². The summed E-state index contributed by atoms with van der Waals surface area (Å²) in [5.41, 5.74) is 5.64. The Labute approximate surface area is 125 Å². The first-order valence-electron chi connectivity index (χ1n) is 6.53. The number of rotatable bonds is 3. The van der Waals surface area contributed by atoms with E-state index in [1.54, 1.807) is 4.90 Å². The van der Waals surface area contributed by atoms with Crippen molar-refractivity contribution in [3.8, 4) is 0 Å². The Bertz CT molecular complexity index is 536. The van der Waals surface area contributed by atoms with Crippen LogP contribution < -0.4 is 5.73 Å². The van der Waals surface area contributed by atoms with E-state index >= 15 is 0 Å². The van der Waals surface area contributed by atoms with Crippen molar-refractivity contribution in [1.29, 1.82) is 0 Å². The fourth-order valence-electron chi connectivity index (χ4n) is 2.53. The third kappa shape index (κ3) is 3.36. The van der Waals surface area contributed by atoms with Crippen LogP contribution in [0, 0.1) is 5.82 Å². The minimum Gasteiger partial charge on any atom is -0.370 e. The highest BCUT2D eigenvalue weighted by atomic mass is 79.9. The molecule has 2 rings (SSSR count). The molecule has 1 aromatic rings. The van der Waals surface area contributed by atoms with Crippen LogP contribution >= 0.6 is 15.9 Å². The van der Waals surface area contributed by atoms with Gasteiger partial charge in [-0.05, 0) is 53.4 Å². The summed E-state index contributed by atoms with van der Waals surface area (Å²) in [7, 11) is 0. The van der Waals surface area contributed by atoms with E-state index in [9.17, 15) is 14.0 Å². The Morgan fingerprint density at radius 1 is 1.40 bits per heavy atom. The summed E-state index contributed by atoms with van der Waals surface area (Å²) < 4.78 is 13.5. The van der Waals surface area contributed by atoms with Crippen LogP contribution in [0.25, 0.3) is 0 Å². The summed E-state index contributed by atoms with van der Waals surface area (Å²) in [6.45, 7) is 0.598. The number of halogens is 2. The fourth-order valence-corrected chi connectivity index (χ4v) is 3.05. The number of nitrogens with two attached hydrogens (primary N) is 1. The normalized spacial score (nSPS) is 18.9. The summed E-state index contributed by atoms with van der Waals surface area (Å²) in [6, 6.07) is 3.81. The molecule has 1 fully saturated rings. The fraction of sp³-hybridized carbons (Fsp3) is 0.429. The van der Waals surface area contributed by atoms with Gasteiger partial charge in [0.25, 0.3) is 5.91 Å². The van der Waals surface area contributed by atoms with Crippen molar-refractivity contribution in [2.24, 2.45) is 5.73 Å². The van der Waals surface area contributed by atoms with Gasteiger partial charge in [0.15, 0.2) is 0 Å². The van der Waals surface area contributed by atoms with Gasteiger partial charge in [-0.3, -0.25) is 9.59 Å². The molecule has 1 aliphatic heterocycles. The number of piperidine rings is 1. The van der Waals surface area contributed by atoms with E-state index in [1.165, 1.54) is 18.2 Å². The molecular formula is C14H16BrFN2O2. The largest absolute Gasteiger partial charge is 0.370 e. The van der Waals surface area contributed by atoms with Crippen LogP contribution in [0.3, 0.4) is 0 Å². The molecule has 0 bridgehead atoms. The SMILES string of the molecule is NC(=O)C[C@@H]1CCCCN1C(=O)c1ccc(F)cc1Br. The number of nitrogens with zero attached hydrogens (tertiary/aromatic N) is 1. The maximum absolute atomic E-state index is 13.1. The summed E-state index contributed by atoms with van der Waals surface area (Å²) >= 11 is 3.21. The maximum Gasteiger partial charge on any atom is 0.255 e.